The van der Waals surface area contributed by atoms with Crippen molar-refractivity contribution in [1.29, 1.82) is 0 Å². The van der Waals surface area contributed by atoms with E-state index in [0.717, 1.165) is 0 Å². The molecule has 0 aliphatic carbocycles. The smallest absolute Gasteiger partial charge is 0.341 e. The molecule has 112 valence electrons. The van der Waals surface area contributed by atoms with Gasteiger partial charge in [-0.25, -0.2) is 4.79 Å². The topological polar surface area (TPSA) is 76.7 Å². The molecule has 0 bridgehead atoms. The van der Waals surface area contributed by atoms with Crippen molar-refractivity contribution in [2.75, 3.05) is 6.61 Å². The first-order valence-electron chi connectivity index (χ1n) is 6.17. The van der Waals surface area contributed by atoms with Crippen LogP contribution in [0.3, 0.4) is 0 Å². The van der Waals surface area contributed by atoms with Gasteiger partial charge in [0.25, 0.3) is 0 Å². The number of carboxylic acid groups (broad SMARTS) is 1. The Hall–Kier alpha value is -2.24. The number of hydrogen-bond donors (Lipinski definition) is 1. The first kappa shape index (κ1) is 14.7. The molecule has 0 atom stereocenters. The molecule has 3 aromatic rings. The van der Waals surface area contributed by atoms with Gasteiger partial charge in [-0.1, -0.05) is 29.3 Å². The van der Waals surface area contributed by atoms with Gasteiger partial charge in [0.15, 0.2) is 12.2 Å². The summed E-state index contributed by atoms with van der Waals surface area (Å²) in [6.07, 6.45) is 0. The molecule has 0 amide bonds. The van der Waals surface area contributed by atoms with Crippen molar-refractivity contribution in [2.45, 2.75) is 0 Å². The van der Waals surface area contributed by atoms with Gasteiger partial charge in [0.2, 0.25) is 5.43 Å². The molecule has 1 heterocycles. The Morgan fingerprint density at radius 1 is 1.23 bits per heavy atom. The van der Waals surface area contributed by atoms with Crippen molar-refractivity contribution in [1.82, 2.24) is 0 Å². The highest BCUT2D eigenvalue weighted by atomic mass is 35.5. The van der Waals surface area contributed by atoms with Gasteiger partial charge in [-0.15, -0.1) is 0 Å². The summed E-state index contributed by atoms with van der Waals surface area (Å²) in [6.45, 7) is -0.547. The largest absolute Gasteiger partial charge is 0.480 e. The van der Waals surface area contributed by atoms with E-state index < -0.39 is 12.6 Å². The molecule has 0 spiro atoms. The molecule has 0 saturated carbocycles. The summed E-state index contributed by atoms with van der Waals surface area (Å²) in [5.41, 5.74) is 0.111. The molecule has 5 nitrogen and oxygen atoms in total. The Morgan fingerprint density at radius 3 is 2.73 bits per heavy atom. The van der Waals surface area contributed by atoms with Crippen LogP contribution in [0.5, 0.6) is 5.75 Å². The van der Waals surface area contributed by atoms with Crippen LogP contribution in [-0.2, 0) is 4.79 Å². The van der Waals surface area contributed by atoms with Crippen LogP contribution in [0.1, 0.15) is 0 Å². The molecule has 0 saturated heterocycles. The van der Waals surface area contributed by atoms with Gasteiger partial charge in [0.1, 0.15) is 16.4 Å². The van der Waals surface area contributed by atoms with Crippen LogP contribution in [0, 0.1) is 0 Å². The van der Waals surface area contributed by atoms with Crippen molar-refractivity contribution in [3.8, 4) is 5.75 Å². The van der Waals surface area contributed by atoms with Crippen LogP contribution in [0.15, 0.2) is 39.5 Å². The predicted octanol–water partition coefficient (Wildman–Crippen LogP) is 3.72. The molecule has 1 aromatic heterocycles. The summed E-state index contributed by atoms with van der Waals surface area (Å²) in [4.78, 5) is 23.1. The van der Waals surface area contributed by atoms with Crippen molar-refractivity contribution < 1.29 is 19.1 Å². The Kier molecular flexibility index (Phi) is 3.68. The number of ether oxygens (including phenoxy) is 1. The maximum Gasteiger partial charge on any atom is 0.341 e. The number of halogens is 2. The lowest BCUT2D eigenvalue weighted by molar-refractivity contribution is -0.139. The molecule has 22 heavy (non-hydrogen) atoms. The lowest BCUT2D eigenvalue weighted by atomic mass is 10.1. The lowest BCUT2D eigenvalue weighted by Crippen LogP contribution is -2.10. The number of fused-ring (bicyclic) bond motifs is 2. The van der Waals surface area contributed by atoms with E-state index in [2.05, 4.69) is 0 Å². The first-order chi connectivity index (χ1) is 10.5. The van der Waals surface area contributed by atoms with Crippen molar-refractivity contribution >= 4 is 51.1 Å². The maximum absolute atomic E-state index is 12.5. The lowest BCUT2D eigenvalue weighted by Gasteiger charge is -2.08. The van der Waals surface area contributed by atoms with E-state index >= 15 is 0 Å². The van der Waals surface area contributed by atoms with Gasteiger partial charge >= 0.3 is 5.97 Å². The fourth-order valence-electron chi connectivity index (χ4n) is 2.12. The van der Waals surface area contributed by atoms with Crippen LogP contribution in [0.25, 0.3) is 21.9 Å². The molecule has 0 aliphatic heterocycles. The second-order valence-corrected chi connectivity index (χ2v) is 5.27. The zero-order valence-electron chi connectivity index (χ0n) is 10.9. The van der Waals surface area contributed by atoms with E-state index in [-0.39, 0.29) is 37.6 Å². The highest BCUT2D eigenvalue weighted by Gasteiger charge is 2.16. The second kappa shape index (κ2) is 5.51. The molecule has 7 heteroatoms. The summed E-state index contributed by atoms with van der Waals surface area (Å²) in [5, 5.41) is 9.48. The molecule has 1 N–H and O–H groups in total. The highest BCUT2D eigenvalue weighted by molar-refractivity contribution is 6.37. The van der Waals surface area contributed by atoms with Crippen LogP contribution in [-0.4, -0.2) is 17.7 Å². The van der Waals surface area contributed by atoms with Gasteiger partial charge in [-0.3, -0.25) is 4.79 Å². The zero-order valence-corrected chi connectivity index (χ0v) is 12.4. The summed E-state index contributed by atoms with van der Waals surface area (Å²) >= 11 is 12.2. The number of benzene rings is 2. The Balaban J connectivity index is 2.29. The number of carbonyl (C=O) groups is 1. The van der Waals surface area contributed by atoms with Crippen molar-refractivity contribution in [2.24, 2.45) is 0 Å². The molecular weight excluding hydrogens is 331 g/mol. The van der Waals surface area contributed by atoms with Crippen LogP contribution in [0.2, 0.25) is 10.0 Å². The third-order valence-corrected chi connectivity index (χ3v) is 3.74. The average Bonchev–Trinajstić information content (AvgIpc) is 2.47. The van der Waals surface area contributed by atoms with E-state index in [1.807, 2.05) is 0 Å². The van der Waals surface area contributed by atoms with E-state index in [9.17, 15) is 9.59 Å². The summed E-state index contributed by atoms with van der Waals surface area (Å²) in [6, 6.07) is 7.74. The summed E-state index contributed by atoms with van der Waals surface area (Å²) < 4.78 is 10.7. The minimum Gasteiger partial charge on any atom is -0.480 e. The summed E-state index contributed by atoms with van der Waals surface area (Å²) in [7, 11) is 0. The van der Waals surface area contributed by atoms with E-state index in [4.69, 9.17) is 37.5 Å². The molecule has 0 fully saturated rings. The van der Waals surface area contributed by atoms with E-state index in [1.54, 1.807) is 18.2 Å². The molecule has 0 radical (unpaired) electrons. The standard InChI is InChI=1S/C15H8Cl2O5/c16-8-2-1-3-9-12(8)14(20)7-4-5-10(21-6-11(18)19)13(17)15(7)22-9/h1-5H,6H2,(H,18,19). The fourth-order valence-corrected chi connectivity index (χ4v) is 2.63. The van der Waals surface area contributed by atoms with Crippen LogP contribution < -0.4 is 10.2 Å². The average molecular weight is 339 g/mol. The SMILES string of the molecule is O=C(O)COc1ccc2c(=O)c3c(Cl)cccc3oc2c1Cl. The zero-order chi connectivity index (χ0) is 15.9. The first-order valence-corrected chi connectivity index (χ1v) is 6.93. The number of carboxylic acids is 1. The van der Waals surface area contributed by atoms with Gasteiger partial charge in [0, 0.05) is 0 Å². The summed E-state index contributed by atoms with van der Waals surface area (Å²) in [5.74, 6) is -1.01. The maximum atomic E-state index is 12.5. The number of hydrogen-bond acceptors (Lipinski definition) is 4. The van der Waals surface area contributed by atoms with Gasteiger partial charge < -0.3 is 14.3 Å². The molecule has 0 unspecified atom stereocenters. The normalized spacial score (nSPS) is 11.0. The van der Waals surface area contributed by atoms with Crippen molar-refractivity contribution in [3.63, 3.8) is 0 Å². The van der Waals surface area contributed by atoms with Gasteiger partial charge in [-0.2, -0.15) is 0 Å². The minimum atomic E-state index is -1.14. The quantitative estimate of drug-likeness (QED) is 0.736. The fraction of sp³-hybridized carbons (Fsp3) is 0.0667. The van der Waals surface area contributed by atoms with E-state index in [0.29, 0.717) is 5.58 Å². The Labute approximate surface area is 133 Å². The minimum absolute atomic E-state index is 0.0396. The third kappa shape index (κ3) is 2.38. The molecule has 0 aliphatic rings. The van der Waals surface area contributed by atoms with Crippen LogP contribution >= 0.6 is 23.2 Å². The van der Waals surface area contributed by atoms with E-state index in [1.165, 1.54) is 12.1 Å². The highest BCUT2D eigenvalue weighted by Crippen LogP contribution is 2.34. The van der Waals surface area contributed by atoms with Gasteiger partial charge in [0.05, 0.1) is 15.8 Å². The Bertz CT molecular complexity index is 961. The Morgan fingerprint density at radius 2 is 2.00 bits per heavy atom. The number of aliphatic carboxylic acids is 1. The predicted molar refractivity (Wildman–Crippen MR) is 83.1 cm³/mol. The van der Waals surface area contributed by atoms with Crippen LogP contribution in [0.4, 0.5) is 0 Å². The van der Waals surface area contributed by atoms with Gasteiger partial charge in [-0.05, 0) is 24.3 Å². The van der Waals surface area contributed by atoms with Crippen molar-refractivity contribution in [3.05, 3.63) is 50.6 Å². The molecule has 3 rings (SSSR count). The monoisotopic (exact) mass is 338 g/mol. The molecular formula is C15H8Cl2O5. The molecule has 2 aromatic carbocycles. The number of rotatable bonds is 3. The third-order valence-electron chi connectivity index (χ3n) is 3.07. The second-order valence-electron chi connectivity index (χ2n) is 4.48.